The molecular formula is C7H10ClN3S. The maximum Gasteiger partial charge on any atom is 0.0946 e. The van der Waals surface area contributed by atoms with Crippen LogP contribution in [0.15, 0.2) is 0 Å². The molecule has 1 rings (SSSR count). The first-order valence-corrected chi connectivity index (χ1v) is 4.28. The van der Waals surface area contributed by atoms with Gasteiger partial charge in [0.15, 0.2) is 0 Å². The first kappa shape index (κ1) is 9.48. The van der Waals surface area contributed by atoms with Crippen LogP contribution in [0.4, 0.5) is 0 Å². The lowest BCUT2D eigenvalue weighted by Crippen LogP contribution is -2.18. The van der Waals surface area contributed by atoms with E-state index in [0.717, 1.165) is 11.4 Å². The molecule has 0 fully saturated rings. The van der Waals surface area contributed by atoms with Crippen LogP contribution in [0.5, 0.6) is 0 Å². The molecule has 1 aromatic heterocycles. The lowest BCUT2D eigenvalue weighted by atomic mass is 10.4. The minimum atomic E-state index is 0.414. The van der Waals surface area contributed by atoms with Crippen LogP contribution in [-0.4, -0.2) is 14.8 Å². The highest BCUT2D eigenvalue weighted by molar-refractivity contribution is 7.80. The van der Waals surface area contributed by atoms with Crippen molar-refractivity contribution in [3.63, 3.8) is 0 Å². The average molecular weight is 204 g/mol. The van der Waals surface area contributed by atoms with Gasteiger partial charge in [0.05, 0.1) is 27.9 Å². The summed E-state index contributed by atoms with van der Waals surface area (Å²) >= 11 is 10.7. The standard InChI is InChI=1S/C7H10ClN3S/c1-4-7(8)5(2)11(10-4)3-6(9)12/h3H2,1-2H3,(H2,9,12). The topological polar surface area (TPSA) is 43.8 Å². The van der Waals surface area contributed by atoms with E-state index in [9.17, 15) is 0 Å². The Labute approximate surface area is 81.5 Å². The lowest BCUT2D eigenvalue weighted by Gasteiger charge is -2.00. The third kappa shape index (κ3) is 1.76. The summed E-state index contributed by atoms with van der Waals surface area (Å²) in [5.41, 5.74) is 7.10. The highest BCUT2D eigenvalue weighted by Crippen LogP contribution is 2.18. The summed E-state index contributed by atoms with van der Waals surface area (Å²) in [7, 11) is 0. The molecule has 5 heteroatoms. The van der Waals surface area contributed by atoms with E-state index < -0.39 is 0 Å². The van der Waals surface area contributed by atoms with E-state index in [1.165, 1.54) is 0 Å². The molecule has 0 spiro atoms. The van der Waals surface area contributed by atoms with E-state index in [4.69, 9.17) is 29.6 Å². The fourth-order valence-corrected chi connectivity index (χ4v) is 1.23. The summed E-state index contributed by atoms with van der Waals surface area (Å²) in [5.74, 6) is 0. The predicted octanol–water partition coefficient (Wildman–Crippen LogP) is 1.44. The van der Waals surface area contributed by atoms with Gasteiger partial charge >= 0.3 is 0 Å². The molecule has 0 aliphatic carbocycles. The number of aryl methyl sites for hydroxylation is 1. The van der Waals surface area contributed by atoms with Crippen molar-refractivity contribution in [1.82, 2.24) is 9.78 Å². The Morgan fingerprint density at radius 1 is 1.67 bits per heavy atom. The van der Waals surface area contributed by atoms with Crippen molar-refractivity contribution in [3.8, 4) is 0 Å². The minimum absolute atomic E-state index is 0.414. The van der Waals surface area contributed by atoms with Gasteiger partial charge in [0.1, 0.15) is 0 Å². The van der Waals surface area contributed by atoms with Crippen LogP contribution in [0.2, 0.25) is 5.02 Å². The van der Waals surface area contributed by atoms with Crippen LogP contribution in [0.3, 0.4) is 0 Å². The van der Waals surface area contributed by atoms with Gasteiger partial charge in [-0.2, -0.15) is 5.10 Å². The smallest absolute Gasteiger partial charge is 0.0946 e. The Bertz CT molecular complexity index is 319. The summed E-state index contributed by atoms with van der Waals surface area (Å²) in [6.45, 7) is 4.20. The van der Waals surface area contributed by atoms with Crippen LogP contribution in [-0.2, 0) is 6.54 Å². The normalized spacial score (nSPS) is 10.2. The molecule has 0 saturated carbocycles. The fraction of sp³-hybridized carbons (Fsp3) is 0.429. The number of nitrogens with zero attached hydrogens (tertiary/aromatic N) is 2. The minimum Gasteiger partial charge on any atom is -0.392 e. The van der Waals surface area contributed by atoms with Gasteiger partial charge in [0.25, 0.3) is 0 Å². The van der Waals surface area contributed by atoms with Gasteiger partial charge in [-0.15, -0.1) is 0 Å². The van der Waals surface area contributed by atoms with Gasteiger partial charge in [-0.25, -0.2) is 0 Å². The molecular weight excluding hydrogens is 194 g/mol. The first-order valence-electron chi connectivity index (χ1n) is 3.50. The summed E-state index contributed by atoms with van der Waals surface area (Å²) in [6.07, 6.45) is 0. The van der Waals surface area contributed by atoms with Crippen LogP contribution in [0, 0.1) is 13.8 Å². The second-order valence-corrected chi connectivity index (χ2v) is 3.51. The number of hydrogen-bond donors (Lipinski definition) is 1. The van der Waals surface area contributed by atoms with Gasteiger partial charge in [-0.1, -0.05) is 23.8 Å². The van der Waals surface area contributed by atoms with Crippen molar-refractivity contribution < 1.29 is 0 Å². The number of hydrogen-bond acceptors (Lipinski definition) is 2. The van der Waals surface area contributed by atoms with Gasteiger partial charge in [-0.3, -0.25) is 4.68 Å². The average Bonchev–Trinajstić information content (AvgIpc) is 2.17. The number of aromatic nitrogens is 2. The van der Waals surface area contributed by atoms with E-state index in [1.807, 2.05) is 13.8 Å². The Morgan fingerprint density at radius 3 is 2.58 bits per heavy atom. The maximum atomic E-state index is 5.91. The van der Waals surface area contributed by atoms with E-state index in [0.29, 0.717) is 16.6 Å². The Hall–Kier alpha value is -0.610. The number of nitrogens with two attached hydrogens (primary N) is 1. The second-order valence-electron chi connectivity index (χ2n) is 2.61. The van der Waals surface area contributed by atoms with Crippen LogP contribution < -0.4 is 5.73 Å². The fourth-order valence-electron chi connectivity index (χ4n) is 0.977. The molecule has 1 heterocycles. The molecule has 0 unspecified atom stereocenters. The highest BCUT2D eigenvalue weighted by Gasteiger charge is 2.08. The van der Waals surface area contributed by atoms with E-state index in [-0.39, 0.29) is 0 Å². The molecule has 0 bridgehead atoms. The molecule has 12 heavy (non-hydrogen) atoms. The molecule has 0 aliphatic heterocycles. The molecule has 0 aromatic carbocycles. The molecule has 66 valence electrons. The van der Waals surface area contributed by atoms with Crippen molar-refractivity contribution in [2.75, 3.05) is 0 Å². The molecule has 1 aromatic rings. The summed E-state index contributed by atoms with van der Waals surface area (Å²) in [5, 5.41) is 4.85. The van der Waals surface area contributed by atoms with Crippen LogP contribution in [0.1, 0.15) is 11.4 Å². The number of halogens is 1. The molecule has 3 nitrogen and oxygen atoms in total. The van der Waals surface area contributed by atoms with Crippen LogP contribution in [0.25, 0.3) is 0 Å². The largest absolute Gasteiger partial charge is 0.392 e. The molecule has 0 amide bonds. The van der Waals surface area contributed by atoms with Crippen molar-refractivity contribution in [1.29, 1.82) is 0 Å². The van der Waals surface area contributed by atoms with E-state index in [2.05, 4.69) is 5.10 Å². The third-order valence-electron chi connectivity index (χ3n) is 1.60. The van der Waals surface area contributed by atoms with E-state index in [1.54, 1.807) is 4.68 Å². The predicted molar refractivity (Wildman–Crippen MR) is 53.5 cm³/mol. The monoisotopic (exact) mass is 203 g/mol. The Morgan fingerprint density at radius 2 is 2.25 bits per heavy atom. The molecule has 0 saturated heterocycles. The Kier molecular flexibility index (Phi) is 2.69. The first-order chi connectivity index (χ1) is 5.52. The van der Waals surface area contributed by atoms with Gasteiger partial charge < -0.3 is 5.73 Å². The summed E-state index contributed by atoms with van der Waals surface area (Å²) < 4.78 is 1.71. The zero-order valence-electron chi connectivity index (χ0n) is 6.97. The van der Waals surface area contributed by atoms with Crippen molar-refractivity contribution >= 4 is 28.8 Å². The zero-order chi connectivity index (χ0) is 9.30. The van der Waals surface area contributed by atoms with Crippen molar-refractivity contribution in [3.05, 3.63) is 16.4 Å². The van der Waals surface area contributed by atoms with Crippen molar-refractivity contribution in [2.24, 2.45) is 5.73 Å². The second kappa shape index (κ2) is 3.41. The number of rotatable bonds is 2. The van der Waals surface area contributed by atoms with Crippen molar-refractivity contribution in [2.45, 2.75) is 20.4 Å². The van der Waals surface area contributed by atoms with E-state index >= 15 is 0 Å². The molecule has 0 atom stereocenters. The number of thiocarbonyl (C=S) groups is 1. The van der Waals surface area contributed by atoms with Gasteiger partial charge in [0, 0.05) is 0 Å². The molecule has 2 N–H and O–H groups in total. The SMILES string of the molecule is Cc1nn(CC(N)=S)c(C)c1Cl. The zero-order valence-corrected chi connectivity index (χ0v) is 8.54. The lowest BCUT2D eigenvalue weighted by molar-refractivity contribution is 0.694. The molecule has 0 aliphatic rings. The molecule has 0 radical (unpaired) electrons. The van der Waals surface area contributed by atoms with Gasteiger partial charge in [-0.05, 0) is 13.8 Å². The quantitative estimate of drug-likeness (QED) is 0.740. The van der Waals surface area contributed by atoms with Crippen LogP contribution >= 0.6 is 23.8 Å². The highest BCUT2D eigenvalue weighted by atomic mass is 35.5. The summed E-state index contributed by atoms with van der Waals surface area (Å²) in [6, 6.07) is 0. The maximum absolute atomic E-state index is 5.91. The van der Waals surface area contributed by atoms with Gasteiger partial charge in [0.2, 0.25) is 0 Å². The third-order valence-corrected chi connectivity index (χ3v) is 2.27. The Balaban J connectivity index is 3.01. The summed E-state index contributed by atoms with van der Waals surface area (Å²) in [4.78, 5) is 0.414.